The summed E-state index contributed by atoms with van der Waals surface area (Å²) >= 11 is 0. The van der Waals surface area contributed by atoms with E-state index in [0.717, 1.165) is 12.8 Å². The summed E-state index contributed by atoms with van der Waals surface area (Å²) in [5.74, 6) is 0.250. The third-order valence-electron chi connectivity index (χ3n) is 1.98. The highest BCUT2D eigenvalue weighted by molar-refractivity contribution is 7.92. The Morgan fingerprint density at radius 3 is 2.50 bits per heavy atom. The Morgan fingerprint density at radius 2 is 2.17 bits per heavy atom. The summed E-state index contributed by atoms with van der Waals surface area (Å²) in [7, 11) is -3.03. The van der Waals surface area contributed by atoms with Crippen molar-refractivity contribution in [3.63, 3.8) is 0 Å². The van der Waals surface area contributed by atoms with Crippen molar-refractivity contribution < 1.29 is 13.6 Å². The standard InChI is InChI=1S/C7H13NO3S/c1-2-12(10,11)5-7(8-9)6-3-4-6/h6,9H,2-5H2,1H3/b8-7-. The molecule has 1 aliphatic rings. The predicted molar refractivity (Wildman–Crippen MR) is 46.3 cm³/mol. The molecular formula is C7H13NO3S. The van der Waals surface area contributed by atoms with Gasteiger partial charge in [0.15, 0.2) is 9.84 Å². The van der Waals surface area contributed by atoms with E-state index in [9.17, 15) is 8.42 Å². The molecule has 0 saturated heterocycles. The van der Waals surface area contributed by atoms with Gasteiger partial charge in [-0.1, -0.05) is 12.1 Å². The fraction of sp³-hybridized carbons (Fsp3) is 0.857. The molecule has 1 saturated carbocycles. The molecule has 0 amide bonds. The van der Waals surface area contributed by atoms with Gasteiger partial charge < -0.3 is 5.21 Å². The quantitative estimate of drug-likeness (QED) is 0.403. The molecule has 0 radical (unpaired) electrons. The van der Waals surface area contributed by atoms with Crippen LogP contribution in [0.15, 0.2) is 5.16 Å². The maximum Gasteiger partial charge on any atom is 0.155 e. The molecule has 1 aliphatic carbocycles. The van der Waals surface area contributed by atoms with Crippen molar-refractivity contribution in [1.82, 2.24) is 0 Å². The molecule has 70 valence electrons. The Bertz CT molecular complexity index is 277. The van der Waals surface area contributed by atoms with Crippen LogP contribution in [0.2, 0.25) is 0 Å². The van der Waals surface area contributed by atoms with E-state index in [1.807, 2.05) is 0 Å². The minimum atomic E-state index is -3.03. The fourth-order valence-electron chi connectivity index (χ4n) is 0.972. The zero-order valence-corrected chi connectivity index (χ0v) is 7.84. The molecule has 0 aromatic carbocycles. The van der Waals surface area contributed by atoms with E-state index >= 15 is 0 Å². The molecule has 12 heavy (non-hydrogen) atoms. The van der Waals surface area contributed by atoms with Crippen LogP contribution in [0.4, 0.5) is 0 Å². The van der Waals surface area contributed by atoms with Gasteiger partial charge in [-0.25, -0.2) is 8.42 Å². The first kappa shape index (κ1) is 9.51. The summed E-state index contributed by atoms with van der Waals surface area (Å²) in [6.07, 6.45) is 1.91. The average molecular weight is 191 g/mol. The van der Waals surface area contributed by atoms with E-state index in [1.54, 1.807) is 6.92 Å². The van der Waals surface area contributed by atoms with Crippen LogP contribution < -0.4 is 0 Å². The van der Waals surface area contributed by atoms with Crippen molar-refractivity contribution in [3.05, 3.63) is 0 Å². The van der Waals surface area contributed by atoms with E-state index in [0.29, 0.717) is 5.71 Å². The summed E-state index contributed by atoms with van der Waals surface area (Å²) in [5.41, 5.74) is 0.428. The molecule has 4 nitrogen and oxygen atoms in total. The average Bonchev–Trinajstić information content (AvgIpc) is 2.83. The normalized spacial score (nSPS) is 19.6. The van der Waals surface area contributed by atoms with Gasteiger partial charge in [-0.15, -0.1) is 0 Å². The summed E-state index contributed by atoms with van der Waals surface area (Å²) in [6, 6.07) is 0. The lowest BCUT2D eigenvalue weighted by Crippen LogP contribution is -2.19. The Kier molecular flexibility index (Phi) is 2.72. The van der Waals surface area contributed by atoms with Gasteiger partial charge in [0.1, 0.15) is 0 Å². The Balaban J connectivity index is 2.59. The van der Waals surface area contributed by atoms with Gasteiger partial charge >= 0.3 is 0 Å². The summed E-state index contributed by atoms with van der Waals surface area (Å²) < 4.78 is 22.2. The van der Waals surface area contributed by atoms with E-state index in [-0.39, 0.29) is 17.4 Å². The molecule has 0 heterocycles. The second-order valence-corrected chi connectivity index (χ2v) is 5.40. The van der Waals surface area contributed by atoms with E-state index in [4.69, 9.17) is 5.21 Å². The van der Waals surface area contributed by atoms with Crippen molar-refractivity contribution in [2.24, 2.45) is 11.1 Å². The van der Waals surface area contributed by atoms with Crippen molar-refractivity contribution in [3.8, 4) is 0 Å². The lowest BCUT2D eigenvalue weighted by molar-refractivity contribution is 0.317. The van der Waals surface area contributed by atoms with Crippen molar-refractivity contribution in [2.75, 3.05) is 11.5 Å². The number of nitrogens with zero attached hydrogens (tertiary/aromatic N) is 1. The molecule has 0 aromatic heterocycles. The van der Waals surface area contributed by atoms with Crippen LogP contribution in [0, 0.1) is 5.92 Å². The summed E-state index contributed by atoms with van der Waals surface area (Å²) in [6.45, 7) is 1.59. The number of hydrogen-bond acceptors (Lipinski definition) is 4. The molecule has 1 fully saturated rings. The Labute approximate surface area is 72.2 Å². The molecule has 0 bridgehead atoms. The van der Waals surface area contributed by atoms with Gasteiger partial charge in [0, 0.05) is 11.7 Å². The van der Waals surface area contributed by atoms with Crippen molar-refractivity contribution in [1.29, 1.82) is 0 Å². The minimum absolute atomic E-state index is 0.0787. The molecule has 0 aromatic rings. The Morgan fingerprint density at radius 1 is 1.58 bits per heavy atom. The smallest absolute Gasteiger partial charge is 0.155 e. The number of rotatable bonds is 4. The predicted octanol–water partition coefficient (Wildman–Crippen LogP) is 0.661. The molecule has 5 heteroatoms. The molecule has 0 unspecified atom stereocenters. The van der Waals surface area contributed by atoms with Gasteiger partial charge in [0.2, 0.25) is 0 Å². The molecule has 0 atom stereocenters. The second kappa shape index (κ2) is 3.43. The molecule has 1 N–H and O–H groups in total. The molecule has 0 aliphatic heterocycles. The van der Waals surface area contributed by atoms with Crippen LogP contribution in [0.1, 0.15) is 19.8 Å². The summed E-state index contributed by atoms with van der Waals surface area (Å²) in [4.78, 5) is 0. The van der Waals surface area contributed by atoms with Gasteiger partial charge in [-0.3, -0.25) is 0 Å². The maximum absolute atomic E-state index is 11.1. The number of sulfone groups is 1. The third-order valence-corrected chi connectivity index (χ3v) is 3.60. The minimum Gasteiger partial charge on any atom is -0.411 e. The van der Waals surface area contributed by atoms with Gasteiger partial charge in [0.05, 0.1) is 11.5 Å². The largest absolute Gasteiger partial charge is 0.411 e. The van der Waals surface area contributed by atoms with Crippen LogP contribution >= 0.6 is 0 Å². The van der Waals surface area contributed by atoms with Crippen LogP contribution in [0.5, 0.6) is 0 Å². The number of oxime groups is 1. The van der Waals surface area contributed by atoms with Crippen LogP contribution in [0.3, 0.4) is 0 Å². The zero-order valence-electron chi connectivity index (χ0n) is 7.02. The first-order chi connectivity index (χ1) is 5.59. The Hall–Kier alpha value is -0.580. The summed E-state index contributed by atoms with van der Waals surface area (Å²) in [5, 5.41) is 11.5. The topological polar surface area (TPSA) is 66.7 Å². The first-order valence-electron chi connectivity index (χ1n) is 4.00. The van der Waals surface area contributed by atoms with Crippen molar-refractivity contribution >= 4 is 15.5 Å². The van der Waals surface area contributed by atoms with E-state index in [2.05, 4.69) is 5.16 Å². The lowest BCUT2D eigenvalue weighted by Gasteiger charge is -2.01. The maximum atomic E-state index is 11.1. The van der Waals surface area contributed by atoms with Crippen LogP contribution in [-0.2, 0) is 9.84 Å². The molecule has 0 spiro atoms. The highest BCUT2D eigenvalue weighted by Gasteiger charge is 2.30. The molecular weight excluding hydrogens is 178 g/mol. The van der Waals surface area contributed by atoms with Crippen LogP contribution in [-0.4, -0.2) is 30.8 Å². The number of hydrogen-bond donors (Lipinski definition) is 1. The lowest BCUT2D eigenvalue weighted by atomic mass is 10.3. The van der Waals surface area contributed by atoms with Gasteiger partial charge in [0.25, 0.3) is 0 Å². The van der Waals surface area contributed by atoms with E-state index < -0.39 is 9.84 Å². The highest BCUT2D eigenvalue weighted by Crippen LogP contribution is 2.31. The van der Waals surface area contributed by atoms with E-state index in [1.165, 1.54) is 0 Å². The van der Waals surface area contributed by atoms with Crippen LogP contribution in [0.25, 0.3) is 0 Å². The second-order valence-electron chi connectivity index (χ2n) is 3.04. The molecule has 1 rings (SSSR count). The highest BCUT2D eigenvalue weighted by atomic mass is 32.2. The van der Waals surface area contributed by atoms with Gasteiger partial charge in [-0.05, 0) is 12.8 Å². The first-order valence-corrected chi connectivity index (χ1v) is 5.82. The van der Waals surface area contributed by atoms with Gasteiger partial charge in [-0.2, -0.15) is 0 Å². The fourth-order valence-corrected chi connectivity index (χ4v) is 1.92. The third kappa shape index (κ3) is 2.48. The zero-order chi connectivity index (χ0) is 9.19. The SMILES string of the molecule is CCS(=O)(=O)C/C(=N/O)C1CC1. The monoisotopic (exact) mass is 191 g/mol. The van der Waals surface area contributed by atoms with Crippen molar-refractivity contribution in [2.45, 2.75) is 19.8 Å².